The summed E-state index contributed by atoms with van der Waals surface area (Å²) < 4.78 is 26.7. The van der Waals surface area contributed by atoms with Crippen LogP contribution in [0.25, 0.3) is 0 Å². The smallest absolute Gasteiger partial charge is 0.251 e. The monoisotopic (exact) mass is 303 g/mol. The Bertz CT molecular complexity index is 678. The van der Waals surface area contributed by atoms with Gasteiger partial charge in [0, 0.05) is 43.2 Å². The molecule has 22 heavy (non-hydrogen) atoms. The first-order chi connectivity index (χ1) is 10.6. The lowest BCUT2D eigenvalue weighted by Gasteiger charge is -2.19. The number of halogens is 2. The number of rotatable bonds is 3. The van der Waals surface area contributed by atoms with Gasteiger partial charge in [0.25, 0.3) is 5.91 Å². The first-order valence-electron chi connectivity index (χ1n) is 7.04. The largest absolute Gasteiger partial charge is 0.367 e. The molecular weight excluding hydrogens is 288 g/mol. The van der Waals surface area contributed by atoms with Gasteiger partial charge in [-0.25, -0.2) is 8.78 Å². The second kappa shape index (κ2) is 6.09. The van der Waals surface area contributed by atoms with Crippen molar-refractivity contribution < 1.29 is 13.6 Å². The van der Waals surface area contributed by atoms with E-state index in [1.54, 1.807) is 24.5 Å². The van der Waals surface area contributed by atoms with E-state index in [-0.39, 0.29) is 11.9 Å². The van der Waals surface area contributed by atoms with E-state index in [9.17, 15) is 13.6 Å². The highest BCUT2D eigenvalue weighted by Gasteiger charge is 2.26. The number of pyridine rings is 1. The first kappa shape index (κ1) is 14.4. The van der Waals surface area contributed by atoms with Gasteiger partial charge in [0.15, 0.2) is 0 Å². The van der Waals surface area contributed by atoms with Crippen molar-refractivity contribution in [2.45, 2.75) is 12.5 Å². The van der Waals surface area contributed by atoms with Crippen LogP contribution in [0.1, 0.15) is 16.8 Å². The Morgan fingerprint density at radius 2 is 2.00 bits per heavy atom. The fourth-order valence-corrected chi connectivity index (χ4v) is 2.61. The van der Waals surface area contributed by atoms with E-state index in [1.807, 2.05) is 4.90 Å². The molecule has 1 atom stereocenters. The lowest BCUT2D eigenvalue weighted by Crippen LogP contribution is -2.37. The van der Waals surface area contributed by atoms with Gasteiger partial charge in [0.05, 0.1) is 5.69 Å². The molecule has 1 unspecified atom stereocenters. The molecule has 1 N–H and O–H groups in total. The third kappa shape index (κ3) is 3.05. The third-order valence-corrected chi connectivity index (χ3v) is 3.72. The molecule has 0 aliphatic carbocycles. The van der Waals surface area contributed by atoms with E-state index in [1.165, 1.54) is 12.1 Å². The molecule has 0 spiro atoms. The van der Waals surface area contributed by atoms with E-state index >= 15 is 0 Å². The van der Waals surface area contributed by atoms with E-state index < -0.39 is 11.6 Å². The standard InChI is InChI=1S/C16H15F2N3O/c17-12-1-2-15(14(18)9-12)21-8-5-13(10-21)20-16(22)11-3-6-19-7-4-11/h1-4,6-7,9,13H,5,8,10H2,(H,20,22). The lowest BCUT2D eigenvalue weighted by molar-refractivity contribution is 0.0940. The maximum atomic E-state index is 13.8. The number of benzene rings is 1. The highest BCUT2D eigenvalue weighted by Crippen LogP contribution is 2.24. The highest BCUT2D eigenvalue weighted by atomic mass is 19.1. The average molecular weight is 303 g/mol. The van der Waals surface area contributed by atoms with Gasteiger partial charge in [-0.05, 0) is 30.7 Å². The molecular formula is C16H15F2N3O. The molecule has 1 aliphatic heterocycles. The predicted molar refractivity (Wildman–Crippen MR) is 78.7 cm³/mol. The zero-order valence-corrected chi connectivity index (χ0v) is 11.8. The van der Waals surface area contributed by atoms with Crippen LogP contribution in [0.2, 0.25) is 0 Å². The molecule has 0 radical (unpaired) electrons. The molecule has 6 heteroatoms. The van der Waals surface area contributed by atoms with Crippen LogP contribution in [0.5, 0.6) is 0 Å². The molecule has 1 saturated heterocycles. The molecule has 1 aromatic carbocycles. The van der Waals surface area contributed by atoms with Gasteiger partial charge < -0.3 is 10.2 Å². The molecule has 1 amide bonds. The molecule has 1 aliphatic rings. The number of amides is 1. The average Bonchev–Trinajstić information content (AvgIpc) is 2.96. The van der Waals surface area contributed by atoms with Crippen molar-refractivity contribution >= 4 is 11.6 Å². The van der Waals surface area contributed by atoms with Crippen LogP contribution < -0.4 is 10.2 Å². The van der Waals surface area contributed by atoms with Crippen LogP contribution in [0, 0.1) is 11.6 Å². The topological polar surface area (TPSA) is 45.2 Å². The van der Waals surface area contributed by atoms with Crippen LogP contribution in [-0.2, 0) is 0 Å². The molecule has 0 bridgehead atoms. The predicted octanol–water partition coefficient (Wildman–Crippen LogP) is 2.37. The van der Waals surface area contributed by atoms with Gasteiger partial charge in [0.1, 0.15) is 11.6 Å². The summed E-state index contributed by atoms with van der Waals surface area (Å²) in [5, 5.41) is 2.92. The molecule has 3 rings (SSSR count). The van der Waals surface area contributed by atoms with E-state index in [2.05, 4.69) is 10.3 Å². The zero-order chi connectivity index (χ0) is 15.5. The second-order valence-electron chi connectivity index (χ2n) is 5.24. The molecule has 2 heterocycles. The molecule has 114 valence electrons. The van der Waals surface area contributed by atoms with Gasteiger partial charge in [-0.1, -0.05) is 0 Å². The third-order valence-electron chi connectivity index (χ3n) is 3.72. The Balaban J connectivity index is 1.64. The minimum atomic E-state index is -0.594. The SMILES string of the molecule is O=C(NC1CCN(c2ccc(F)cc2F)C1)c1ccncc1. The van der Waals surface area contributed by atoms with Crippen molar-refractivity contribution in [3.05, 3.63) is 59.9 Å². The first-order valence-corrected chi connectivity index (χ1v) is 7.04. The second-order valence-corrected chi connectivity index (χ2v) is 5.24. The van der Waals surface area contributed by atoms with Gasteiger partial charge in [-0.15, -0.1) is 0 Å². The van der Waals surface area contributed by atoms with Crippen molar-refractivity contribution in [1.82, 2.24) is 10.3 Å². The Morgan fingerprint density at radius 3 is 2.73 bits per heavy atom. The van der Waals surface area contributed by atoms with Gasteiger partial charge in [-0.2, -0.15) is 0 Å². The Hall–Kier alpha value is -2.50. The fourth-order valence-electron chi connectivity index (χ4n) is 2.61. The van der Waals surface area contributed by atoms with Crippen molar-refractivity contribution in [1.29, 1.82) is 0 Å². The fraction of sp³-hybridized carbons (Fsp3) is 0.250. The van der Waals surface area contributed by atoms with E-state index in [4.69, 9.17) is 0 Å². The summed E-state index contributed by atoms with van der Waals surface area (Å²) in [5.41, 5.74) is 0.906. The Kier molecular flexibility index (Phi) is 4.00. The summed E-state index contributed by atoms with van der Waals surface area (Å²) in [6.07, 6.45) is 3.83. The Morgan fingerprint density at radius 1 is 1.23 bits per heavy atom. The summed E-state index contributed by atoms with van der Waals surface area (Å²) in [5.74, 6) is -1.35. The summed E-state index contributed by atoms with van der Waals surface area (Å²) >= 11 is 0. The number of carbonyl (C=O) groups excluding carboxylic acids is 1. The number of anilines is 1. The summed E-state index contributed by atoms with van der Waals surface area (Å²) in [6, 6.07) is 6.76. The normalized spacial score (nSPS) is 17.5. The molecule has 2 aromatic rings. The van der Waals surface area contributed by atoms with Crippen molar-refractivity contribution in [2.75, 3.05) is 18.0 Å². The summed E-state index contributed by atoms with van der Waals surface area (Å²) in [6.45, 7) is 1.11. The lowest BCUT2D eigenvalue weighted by atomic mass is 10.2. The molecule has 0 saturated carbocycles. The van der Waals surface area contributed by atoms with Crippen LogP contribution in [0.4, 0.5) is 14.5 Å². The Labute approximate surface area is 126 Å². The number of hydrogen-bond donors (Lipinski definition) is 1. The van der Waals surface area contributed by atoms with E-state index in [0.29, 0.717) is 30.8 Å². The van der Waals surface area contributed by atoms with Gasteiger partial charge in [-0.3, -0.25) is 9.78 Å². The van der Waals surface area contributed by atoms with E-state index in [0.717, 1.165) is 6.07 Å². The number of nitrogens with zero attached hydrogens (tertiary/aromatic N) is 2. The number of hydrogen-bond acceptors (Lipinski definition) is 3. The van der Waals surface area contributed by atoms with Gasteiger partial charge in [0.2, 0.25) is 0 Å². The zero-order valence-electron chi connectivity index (χ0n) is 11.8. The maximum absolute atomic E-state index is 13.8. The summed E-state index contributed by atoms with van der Waals surface area (Å²) in [7, 11) is 0. The van der Waals surface area contributed by atoms with Crippen LogP contribution in [0.15, 0.2) is 42.7 Å². The minimum absolute atomic E-state index is 0.0647. The number of nitrogens with one attached hydrogen (secondary N) is 1. The van der Waals surface area contributed by atoms with Gasteiger partial charge >= 0.3 is 0 Å². The maximum Gasteiger partial charge on any atom is 0.251 e. The quantitative estimate of drug-likeness (QED) is 0.947. The summed E-state index contributed by atoms with van der Waals surface area (Å²) in [4.78, 5) is 17.8. The number of carbonyl (C=O) groups is 1. The minimum Gasteiger partial charge on any atom is -0.367 e. The van der Waals surface area contributed by atoms with Crippen LogP contribution in [-0.4, -0.2) is 30.0 Å². The van der Waals surface area contributed by atoms with Crippen molar-refractivity contribution in [2.24, 2.45) is 0 Å². The molecule has 1 fully saturated rings. The van der Waals surface area contributed by atoms with Crippen LogP contribution in [0.3, 0.4) is 0 Å². The van der Waals surface area contributed by atoms with Crippen molar-refractivity contribution in [3.63, 3.8) is 0 Å². The number of aromatic nitrogens is 1. The van der Waals surface area contributed by atoms with Crippen LogP contribution >= 0.6 is 0 Å². The molecule has 4 nitrogen and oxygen atoms in total. The van der Waals surface area contributed by atoms with Crippen molar-refractivity contribution in [3.8, 4) is 0 Å². The molecule has 1 aromatic heterocycles. The highest BCUT2D eigenvalue weighted by molar-refractivity contribution is 5.94.